The van der Waals surface area contributed by atoms with Gasteiger partial charge in [-0.3, -0.25) is 0 Å². The summed E-state index contributed by atoms with van der Waals surface area (Å²) in [5, 5.41) is 0. The van der Waals surface area contributed by atoms with Crippen LogP contribution < -0.4 is 11.5 Å². The Hall–Kier alpha value is -0.120. The van der Waals surface area contributed by atoms with Gasteiger partial charge in [-0.25, -0.2) is 0 Å². The van der Waals surface area contributed by atoms with Crippen molar-refractivity contribution >= 4 is 0 Å². The molecule has 0 aromatic heterocycles. The van der Waals surface area contributed by atoms with E-state index in [-0.39, 0.29) is 6.23 Å². The first-order valence-electron chi connectivity index (χ1n) is 2.88. The largest absolute Gasteiger partial charge is 0.364 e. The maximum atomic E-state index is 5.39. The molecule has 0 amide bonds. The number of nitrogens with two attached hydrogens (primary N) is 2. The predicted octanol–water partition coefficient (Wildman–Crippen LogP) is -0.343. The van der Waals surface area contributed by atoms with Crippen molar-refractivity contribution in [2.24, 2.45) is 11.5 Å². The molecule has 0 aliphatic rings. The van der Waals surface area contributed by atoms with Gasteiger partial charge in [0.15, 0.2) is 0 Å². The Bertz CT molecular complexity index is 43.7. The van der Waals surface area contributed by atoms with Crippen molar-refractivity contribution in [2.75, 3.05) is 13.2 Å². The zero-order valence-corrected chi connectivity index (χ0v) is 5.26. The predicted molar refractivity (Wildman–Crippen MR) is 33.3 cm³/mol. The first-order chi connectivity index (χ1) is 3.81. The molecule has 0 aliphatic heterocycles. The van der Waals surface area contributed by atoms with Gasteiger partial charge in [0, 0.05) is 6.61 Å². The van der Waals surface area contributed by atoms with Crippen molar-refractivity contribution in [3.05, 3.63) is 0 Å². The van der Waals surface area contributed by atoms with Crippen molar-refractivity contribution in [2.45, 2.75) is 19.6 Å². The van der Waals surface area contributed by atoms with Gasteiger partial charge in [-0.1, -0.05) is 0 Å². The van der Waals surface area contributed by atoms with Gasteiger partial charge in [0.2, 0.25) is 0 Å². The normalized spacial score (nSPS) is 13.9. The topological polar surface area (TPSA) is 61.3 Å². The van der Waals surface area contributed by atoms with Gasteiger partial charge in [-0.2, -0.15) is 0 Å². The van der Waals surface area contributed by atoms with E-state index < -0.39 is 0 Å². The van der Waals surface area contributed by atoms with E-state index in [1.54, 1.807) is 0 Å². The van der Waals surface area contributed by atoms with Crippen molar-refractivity contribution in [3.63, 3.8) is 0 Å². The van der Waals surface area contributed by atoms with Crippen LogP contribution in [-0.4, -0.2) is 19.4 Å². The molecule has 3 heteroatoms. The third-order valence-electron chi connectivity index (χ3n) is 0.832. The molecular weight excluding hydrogens is 104 g/mol. The molecule has 0 fully saturated rings. The monoisotopic (exact) mass is 118 g/mol. The van der Waals surface area contributed by atoms with Crippen LogP contribution in [-0.2, 0) is 4.74 Å². The molecule has 50 valence electrons. The summed E-state index contributed by atoms with van der Waals surface area (Å²) >= 11 is 0. The number of rotatable bonds is 4. The second kappa shape index (κ2) is 5.03. The van der Waals surface area contributed by atoms with Gasteiger partial charge in [-0.15, -0.1) is 0 Å². The highest BCUT2D eigenvalue weighted by molar-refractivity contribution is 4.46. The van der Waals surface area contributed by atoms with Crippen molar-refractivity contribution in [3.8, 4) is 0 Å². The van der Waals surface area contributed by atoms with Crippen LogP contribution in [0.1, 0.15) is 13.3 Å². The number of ether oxygens (including phenoxy) is 1. The lowest BCUT2D eigenvalue weighted by atomic mass is 10.4. The molecule has 0 heterocycles. The quantitative estimate of drug-likeness (QED) is 0.496. The zero-order chi connectivity index (χ0) is 6.41. The highest BCUT2D eigenvalue weighted by atomic mass is 16.5. The fraction of sp³-hybridized carbons (Fsp3) is 1.00. The highest BCUT2D eigenvalue weighted by Gasteiger charge is 1.95. The van der Waals surface area contributed by atoms with E-state index in [0.717, 1.165) is 6.42 Å². The van der Waals surface area contributed by atoms with Crippen LogP contribution in [0.4, 0.5) is 0 Å². The minimum Gasteiger partial charge on any atom is -0.364 e. The Balaban J connectivity index is 2.92. The van der Waals surface area contributed by atoms with Crippen molar-refractivity contribution in [1.82, 2.24) is 0 Å². The van der Waals surface area contributed by atoms with E-state index in [1.165, 1.54) is 0 Å². The summed E-state index contributed by atoms with van der Waals surface area (Å²) in [5.74, 6) is 0. The molecule has 0 saturated heterocycles. The summed E-state index contributed by atoms with van der Waals surface area (Å²) in [4.78, 5) is 0. The average Bonchev–Trinajstić information content (AvgIpc) is 1.68. The molecule has 0 spiro atoms. The third kappa shape index (κ3) is 4.05. The molecule has 4 N–H and O–H groups in total. The fourth-order valence-corrected chi connectivity index (χ4v) is 0.462. The molecule has 0 aromatic carbocycles. The molecule has 1 atom stereocenters. The van der Waals surface area contributed by atoms with E-state index in [9.17, 15) is 0 Å². The van der Waals surface area contributed by atoms with Crippen LogP contribution in [0.3, 0.4) is 0 Å². The zero-order valence-electron chi connectivity index (χ0n) is 5.26. The third-order valence-corrected chi connectivity index (χ3v) is 0.832. The average molecular weight is 118 g/mol. The van der Waals surface area contributed by atoms with E-state index in [2.05, 4.69) is 0 Å². The fourth-order valence-electron chi connectivity index (χ4n) is 0.462. The Kier molecular flexibility index (Phi) is 4.95. The molecule has 0 radical (unpaired) electrons. The Morgan fingerprint density at radius 1 is 1.62 bits per heavy atom. The van der Waals surface area contributed by atoms with E-state index in [4.69, 9.17) is 16.2 Å². The van der Waals surface area contributed by atoms with Crippen LogP contribution in [0, 0.1) is 0 Å². The number of hydrogen-bond donors (Lipinski definition) is 2. The summed E-state index contributed by atoms with van der Waals surface area (Å²) in [6, 6.07) is 0. The molecule has 0 rings (SSSR count). The van der Waals surface area contributed by atoms with E-state index >= 15 is 0 Å². The van der Waals surface area contributed by atoms with Crippen LogP contribution in [0.2, 0.25) is 0 Å². The Morgan fingerprint density at radius 3 is 2.62 bits per heavy atom. The molecule has 0 saturated carbocycles. The van der Waals surface area contributed by atoms with Crippen LogP contribution in [0.15, 0.2) is 0 Å². The molecule has 0 bridgehead atoms. The lowest BCUT2D eigenvalue weighted by Gasteiger charge is -2.08. The first kappa shape index (κ1) is 7.88. The lowest BCUT2D eigenvalue weighted by molar-refractivity contribution is 0.0634. The summed E-state index contributed by atoms with van der Waals surface area (Å²) in [6.07, 6.45) is 0.582. The second-order valence-electron chi connectivity index (χ2n) is 1.57. The van der Waals surface area contributed by atoms with Gasteiger partial charge in [0.05, 0.1) is 0 Å². The van der Waals surface area contributed by atoms with Crippen LogP contribution in [0.25, 0.3) is 0 Å². The molecule has 3 nitrogen and oxygen atoms in total. The van der Waals surface area contributed by atoms with Gasteiger partial charge in [-0.05, 0) is 19.9 Å². The molecular formula is C5H14N2O. The van der Waals surface area contributed by atoms with Gasteiger partial charge in [0.25, 0.3) is 0 Å². The van der Waals surface area contributed by atoms with E-state index in [0.29, 0.717) is 13.2 Å². The maximum Gasteiger partial charge on any atom is 0.106 e. The summed E-state index contributed by atoms with van der Waals surface area (Å²) < 4.78 is 4.98. The van der Waals surface area contributed by atoms with Gasteiger partial charge >= 0.3 is 0 Å². The SMILES string of the molecule is CCOC(N)CCN. The molecule has 0 aromatic rings. The Morgan fingerprint density at radius 2 is 2.25 bits per heavy atom. The lowest BCUT2D eigenvalue weighted by Crippen LogP contribution is -2.26. The summed E-state index contributed by atoms with van der Waals surface area (Å²) in [6.45, 7) is 3.18. The summed E-state index contributed by atoms with van der Waals surface area (Å²) in [5.41, 5.74) is 10.6. The van der Waals surface area contributed by atoms with Crippen molar-refractivity contribution in [1.29, 1.82) is 0 Å². The number of hydrogen-bond acceptors (Lipinski definition) is 3. The second-order valence-corrected chi connectivity index (χ2v) is 1.57. The van der Waals surface area contributed by atoms with E-state index in [1.807, 2.05) is 6.92 Å². The molecule has 8 heavy (non-hydrogen) atoms. The molecule has 0 aliphatic carbocycles. The highest BCUT2D eigenvalue weighted by Crippen LogP contribution is 1.85. The first-order valence-corrected chi connectivity index (χ1v) is 2.88. The summed E-state index contributed by atoms with van der Waals surface area (Å²) in [7, 11) is 0. The van der Waals surface area contributed by atoms with Gasteiger partial charge < -0.3 is 16.2 Å². The maximum absolute atomic E-state index is 5.39. The minimum absolute atomic E-state index is 0.162. The Labute approximate surface area is 50.0 Å². The van der Waals surface area contributed by atoms with Crippen LogP contribution in [0.5, 0.6) is 0 Å². The van der Waals surface area contributed by atoms with Gasteiger partial charge in [0.1, 0.15) is 6.23 Å². The standard InChI is InChI=1S/C5H14N2O/c1-2-8-5(7)3-4-6/h5H,2-4,6-7H2,1H3. The molecule has 1 unspecified atom stereocenters. The van der Waals surface area contributed by atoms with Crippen molar-refractivity contribution < 1.29 is 4.74 Å². The van der Waals surface area contributed by atoms with Crippen LogP contribution >= 0.6 is 0 Å². The minimum atomic E-state index is -0.162. The smallest absolute Gasteiger partial charge is 0.106 e.